The molecule has 8 aromatic carbocycles. The number of thiophene rings is 1. The van der Waals surface area contributed by atoms with Gasteiger partial charge in [0.05, 0.1) is 0 Å². The molecule has 0 radical (unpaired) electrons. The Labute approximate surface area is 330 Å². The summed E-state index contributed by atoms with van der Waals surface area (Å²) >= 11 is 1.79. The summed E-state index contributed by atoms with van der Waals surface area (Å²) in [5, 5.41) is 6.68. The Morgan fingerprint density at radius 2 is 0.860 bits per heavy atom. The first-order valence-corrected chi connectivity index (χ1v) is 19.7. The summed E-state index contributed by atoms with van der Waals surface area (Å²) in [7, 11) is 0. The summed E-state index contributed by atoms with van der Waals surface area (Å²) < 4.78 is 15.3. The molecule has 6 heteroatoms. The van der Waals surface area contributed by atoms with Crippen molar-refractivity contribution in [3.05, 3.63) is 176 Å². The summed E-state index contributed by atoms with van der Waals surface area (Å²) in [6.07, 6.45) is 0. The molecule has 57 heavy (non-hydrogen) atoms. The number of nitrogens with zero attached hydrogens (tertiary/aromatic N) is 3. The van der Waals surface area contributed by atoms with Gasteiger partial charge in [-0.1, -0.05) is 127 Å². The Morgan fingerprint density at radius 1 is 0.316 bits per heavy atom. The first-order chi connectivity index (χ1) is 28.2. The zero-order valence-electron chi connectivity index (χ0n) is 30.3. The summed E-state index contributed by atoms with van der Waals surface area (Å²) in [5.41, 5.74) is 10.5. The van der Waals surface area contributed by atoms with Gasteiger partial charge in [0.15, 0.2) is 17.5 Å². The van der Waals surface area contributed by atoms with Gasteiger partial charge in [-0.25, -0.2) is 15.0 Å². The van der Waals surface area contributed by atoms with E-state index in [-0.39, 0.29) is 0 Å². The van der Waals surface area contributed by atoms with Gasteiger partial charge in [-0.3, -0.25) is 0 Å². The Bertz CT molecular complexity index is 3530. The van der Waals surface area contributed by atoms with Crippen LogP contribution in [0.5, 0.6) is 0 Å². The molecular weight excluding hydrogens is 719 g/mol. The molecule has 0 amide bonds. The maximum absolute atomic E-state index is 6.58. The molecule has 0 atom stereocenters. The third-order valence-corrected chi connectivity index (χ3v) is 12.1. The second-order valence-corrected chi connectivity index (χ2v) is 15.4. The van der Waals surface area contributed by atoms with Crippen molar-refractivity contribution in [2.45, 2.75) is 0 Å². The van der Waals surface area contributed by atoms with E-state index < -0.39 is 0 Å². The number of hydrogen-bond acceptors (Lipinski definition) is 6. The summed E-state index contributed by atoms with van der Waals surface area (Å²) in [5.74, 6) is 1.82. The molecule has 12 rings (SSSR count). The van der Waals surface area contributed by atoms with Gasteiger partial charge in [0.25, 0.3) is 0 Å². The third kappa shape index (κ3) is 5.26. The topological polar surface area (TPSA) is 65.0 Å². The van der Waals surface area contributed by atoms with E-state index in [1.807, 2.05) is 36.4 Å². The van der Waals surface area contributed by atoms with Crippen LogP contribution in [-0.2, 0) is 0 Å². The van der Waals surface area contributed by atoms with Gasteiger partial charge < -0.3 is 8.83 Å². The Balaban J connectivity index is 1.01. The first-order valence-electron chi connectivity index (χ1n) is 18.9. The van der Waals surface area contributed by atoms with Crippen molar-refractivity contribution >= 4 is 75.4 Å². The lowest BCUT2D eigenvalue weighted by molar-refractivity contribution is 0.668. The fourth-order valence-electron chi connectivity index (χ4n) is 8.16. The zero-order valence-corrected chi connectivity index (χ0v) is 31.1. The summed E-state index contributed by atoms with van der Waals surface area (Å²) in [6.45, 7) is 0. The molecular formula is C51H29N3O2S. The Hall–Kier alpha value is -7.41. The lowest BCUT2D eigenvalue weighted by Gasteiger charge is -2.10. The van der Waals surface area contributed by atoms with Crippen LogP contribution in [0.25, 0.3) is 120 Å². The Morgan fingerprint density at radius 3 is 1.70 bits per heavy atom. The largest absolute Gasteiger partial charge is 0.456 e. The lowest BCUT2D eigenvalue weighted by atomic mass is 10.0. The van der Waals surface area contributed by atoms with Crippen LogP contribution >= 0.6 is 11.3 Å². The smallest absolute Gasteiger partial charge is 0.164 e. The van der Waals surface area contributed by atoms with Gasteiger partial charge >= 0.3 is 0 Å². The molecule has 0 unspecified atom stereocenters. The van der Waals surface area contributed by atoms with Crippen molar-refractivity contribution in [1.82, 2.24) is 15.0 Å². The van der Waals surface area contributed by atoms with Crippen molar-refractivity contribution in [1.29, 1.82) is 0 Å². The van der Waals surface area contributed by atoms with Crippen LogP contribution < -0.4 is 0 Å². The van der Waals surface area contributed by atoms with Crippen molar-refractivity contribution in [2.24, 2.45) is 0 Å². The second kappa shape index (κ2) is 12.6. The molecule has 0 aliphatic carbocycles. The van der Waals surface area contributed by atoms with E-state index in [9.17, 15) is 0 Å². The maximum atomic E-state index is 6.58. The molecule has 0 aliphatic heterocycles. The summed E-state index contributed by atoms with van der Waals surface area (Å²) in [6, 6.07) is 61.0. The van der Waals surface area contributed by atoms with Crippen molar-refractivity contribution in [3.8, 4) is 56.4 Å². The minimum absolute atomic E-state index is 0.589. The van der Waals surface area contributed by atoms with Crippen molar-refractivity contribution < 1.29 is 8.83 Å². The summed E-state index contributed by atoms with van der Waals surface area (Å²) in [4.78, 5) is 15.5. The third-order valence-electron chi connectivity index (χ3n) is 11.0. The van der Waals surface area contributed by atoms with Gasteiger partial charge in [0, 0.05) is 58.4 Å². The highest BCUT2D eigenvalue weighted by molar-refractivity contribution is 7.25. The average Bonchev–Trinajstić information content (AvgIpc) is 3.97. The molecule has 0 N–H and O–H groups in total. The quantitative estimate of drug-likeness (QED) is 0.175. The highest BCUT2D eigenvalue weighted by Gasteiger charge is 2.19. The van der Waals surface area contributed by atoms with Crippen LogP contribution in [0.2, 0.25) is 0 Å². The zero-order chi connectivity index (χ0) is 37.5. The standard InChI is InChI=1S/C51H29N3O2S/c1-2-9-30(10-3-1)31-17-19-32(20-18-31)49-52-50(35-23-25-39-38-12-5-7-16-46(38)57-47(39)29-35)54-51(53-49)41-13-8-15-43-48(41)40-26-22-34(28-45(40)56-43)33-21-24-37-36-11-4-6-14-42(36)55-44(37)27-33/h1-29H. The minimum Gasteiger partial charge on any atom is -0.456 e. The van der Waals surface area contributed by atoms with E-state index in [0.29, 0.717) is 17.5 Å². The molecule has 4 heterocycles. The maximum Gasteiger partial charge on any atom is 0.164 e. The van der Waals surface area contributed by atoms with Crippen LogP contribution in [0.3, 0.4) is 0 Å². The van der Waals surface area contributed by atoms with Gasteiger partial charge in [-0.2, -0.15) is 0 Å². The molecule has 5 nitrogen and oxygen atoms in total. The number of para-hydroxylation sites is 1. The molecule has 0 bridgehead atoms. The average molecular weight is 748 g/mol. The van der Waals surface area contributed by atoms with E-state index in [1.54, 1.807) is 11.3 Å². The van der Waals surface area contributed by atoms with Crippen molar-refractivity contribution in [2.75, 3.05) is 0 Å². The van der Waals surface area contributed by atoms with Crippen LogP contribution in [0.4, 0.5) is 0 Å². The monoisotopic (exact) mass is 747 g/mol. The highest BCUT2D eigenvalue weighted by Crippen LogP contribution is 2.40. The fourth-order valence-corrected chi connectivity index (χ4v) is 9.30. The normalized spacial score (nSPS) is 11.9. The molecule has 0 fully saturated rings. The van der Waals surface area contributed by atoms with Gasteiger partial charge in [-0.15, -0.1) is 11.3 Å². The molecule has 266 valence electrons. The molecule has 0 saturated carbocycles. The second-order valence-electron chi connectivity index (χ2n) is 14.4. The first kappa shape index (κ1) is 31.9. The molecule has 12 aromatic rings. The lowest BCUT2D eigenvalue weighted by Crippen LogP contribution is -2.00. The van der Waals surface area contributed by atoms with Crippen molar-refractivity contribution in [3.63, 3.8) is 0 Å². The van der Waals surface area contributed by atoms with E-state index in [0.717, 1.165) is 82.8 Å². The number of fused-ring (bicyclic) bond motifs is 9. The number of benzene rings is 8. The highest BCUT2D eigenvalue weighted by atomic mass is 32.1. The van der Waals surface area contributed by atoms with Crippen LogP contribution in [0.1, 0.15) is 0 Å². The SMILES string of the molecule is c1ccc(-c2ccc(-c3nc(-c4ccc5c(c4)sc4ccccc45)nc(-c4cccc5oc6cc(-c7ccc8c(c7)oc7ccccc78)ccc6c45)n3)cc2)cc1. The van der Waals surface area contributed by atoms with E-state index in [4.69, 9.17) is 23.8 Å². The van der Waals surface area contributed by atoms with Gasteiger partial charge in [0.1, 0.15) is 22.3 Å². The predicted molar refractivity (Wildman–Crippen MR) is 234 cm³/mol. The molecule has 0 aliphatic rings. The van der Waals surface area contributed by atoms with E-state index >= 15 is 0 Å². The number of hydrogen-bond donors (Lipinski definition) is 0. The molecule has 0 saturated heterocycles. The molecule has 0 spiro atoms. The van der Waals surface area contributed by atoms with Crippen LogP contribution in [0, 0.1) is 0 Å². The molecule has 4 aromatic heterocycles. The van der Waals surface area contributed by atoms with Gasteiger partial charge in [0.2, 0.25) is 0 Å². The van der Waals surface area contributed by atoms with Gasteiger partial charge in [-0.05, 0) is 70.8 Å². The predicted octanol–water partition coefficient (Wildman–Crippen LogP) is 14.4. The number of aromatic nitrogens is 3. The fraction of sp³-hybridized carbons (Fsp3) is 0. The number of furan rings is 2. The van der Waals surface area contributed by atoms with Crippen LogP contribution in [-0.4, -0.2) is 15.0 Å². The van der Waals surface area contributed by atoms with E-state index in [2.05, 4.69) is 140 Å². The Kier molecular flexibility index (Phi) is 7.03. The number of rotatable bonds is 5. The van der Waals surface area contributed by atoms with E-state index in [1.165, 1.54) is 20.2 Å². The van der Waals surface area contributed by atoms with Crippen LogP contribution in [0.15, 0.2) is 185 Å². The minimum atomic E-state index is 0.589.